The number of fused-ring (bicyclic) bond motifs is 2. The molecule has 3 nitrogen and oxygen atoms in total. The van der Waals surface area contributed by atoms with Crippen molar-refractivity contribution in [3.63, 3.8) is 0 Å². The summed E-state index contributed by atoms with van der Waals surface area (Å²) in [6.07, 6.45) is 4.52. The van der Waals surface area contributed by atoms with Crippen molar-refractivity contribution in [1.29, 1.82) is 0 Å². The molecule has 0 saturated heterocycles. The van der Waals surface area contributed by atoms with Crippen molar-refractivity contribution in [2.24, 2.45) is 0 Å². The van der Waals surface area contributed by atoms with Gasteiger partial charge in [-0.15, -0.1) is 0 Å². The molecule has 3 rings (SSSR count). The van der Waals surface area contributed by atoms with Crippen molar-refractivity contribution in [3.05, 3.63) is 60.7 Å². The predicted octanol–water partition coefficient (Wildman–Crippen LogP) is 2.96. The van der Waals surface area contributed by atoms with Gasteiger partial charge in [-0.05, 0) is 28.5 Å². The van der Waals surface area contributed by atoms with Crippen molar-refractivity contribution in [2.45, 2.75) is 4.90 Å². The van der Waals surface area contributed by atoms with Crippen LogP contribution < -0.4 is 0 Å². The topological polar surface area (TPSA) is 43.4 Å². The Labute approximate surface area is 117 Å². The monoisotopic (exact) mass is 284 g/mol. The molecule has 0 saturated carbocycles. The third kappa shape index (κ3) is 2.04. The van der Waals surface area contributed by atoms with Crippen LogP contribution in [0.25, 0.3) is 16.8 Å². The Morgan fingerprint density at radius 2 is 1.90 bits per heavy atom. The van der Waals surface area contributed by atoms with Crippen molar-refractivity contribution in [1.82, 2.24) is 0 Å². The second kappa shape index (κ2) is 4.65. The normalized spacial score (nSPS) is 20.0. The first-order valence-electron chi connectivity index (χ1n) is 6.07. The molecule has 1 atom stereocenters. The minimum atomic E-state index is -2.98. The lowest BCUT2D eigenvalue weighted by atomic mass is 10.1. The first-order chi connectivity index (χ1) is 9.62. The van der Waals surface area contributed by atoms with Gasteiger partial charge in [-0.3, -0.25) is 0 Å². The first-order valence-corrected chi connectivity index (χ1v) is 7.61. The Morgan fingerprint density at radius 3 is 2.60 bits per heavy atom. The third-order valence-electron chi connectivity index (χ3n) is 3.09. The number of rotatable bonds is 2. The maximum Gasteiger partial charge on any atom is 0.343 e. The van der Waals surface area contributed by atoms with Crippen molar-refractivity contribution >= 4 is 38.0 Å². The number of carbonyl (C=O) groups excluding carboxylic acids is 1. The molecule has 2 aromatic rings. The number of allylic oxidation sites excluding steroid dienone is 1. The number of hydrogen-bond acceptors (Lipinski definition) is 3. The zero-order valence-corrected chi connectivity index (χ0v) is 11.4. The van der Waals surface area contributed by atoms with Crippen LogP contribution in [0, 0.1) is 0 Å². The van der Waals surface area contributed by atoms with Crippen LogP contribution in [0.15, 0.2) is 60.0 Å². The molecule has 1 unspecified atom stereocenters. The SMILES string of the molecule is C=CC(=O)OS1(=O)=CC=Cc2cc3ccccc3cc21. The zero-order valence-electron chi connectivity index (χ0n) is 10.6. The summed E-state index contributed by atoms with van der Waals surface area (Å²) in [7, 11) is -2.98. The summed E-state index contributed by atoms with van der Waals surface area (Å²) in [6, 6.07) is 11.5. The van der Waals surface area contributed by atoms with Crippen molar-refractivity contribution < 1.29 is 13.2 Å². The lowest BCUT2D eigenvalue weighted by Gasteiger charge is -2.16. The van der Waals surface area contributed by atoms with Gasteiger partial charge in [0.1, 0.15) is 0 Å². The molecule has 0 fully saturated rings. The van der Waals surface area contributed by atoms with E-state index < -0.39 is 15.8 Å². The van der Waals surface area contributed by atoms with Crippen LogP contribution in [0.2, 0.25) is 0 Å². The second-order valence-electron chi connectivity index (χ2n) is 4.38. The van der Waals surface area contributed by atoms with Gasteiger partial charge in [0.05, 0.1) is 4.90 Å². The highest BCUT2D eigenvalue weighted by atomic mass is 32.2. The maximum absolute atomic E-state index is 12.8. The van der Waals surface area contributed by atoms with Gasteiger partial charge >= 0.3 is 5.97 Å². The molecule has 0 amide bonds. The molecule has 20 heavy (non-hydrogen) atoms. The Bertz CT molecular complexity index is 868. The van der Waals surface area contributed by atoms with E-state index in [2.05, 4.69) is 6.58 Å². The fraction of sp³-hybridized carbons (Fsp3) is 0. The largest absolute Gasteiger partial charge is 0.366 e. The summed E-state index contributed by atoms with van der Waals surface area (Å²) in [5.74, 6) is -0.694. The summed E-state index contributed by atoms with van der Waals surface area (Å²) < 4.78 is 17.9. The molecule has 0 aliphatic carbocycles. The molecule has 1 aliphatic rings. The van der Waals surface area contributed by atoms with Crippen LogP contribution in [0.5, 0.6) is 0 Å². The second-order valence-corrected chi connectivity index (χ2v) is 6.35. The van der Waals surface area contributed by atoms with Gasteiger partial charge < -0.3 is 4.18 Å². The number of benzene rings is 2. The summed E-state index contributed by atoms with van der Waals surface area (Å²) >= 11 is 0. The van der Waals surface area contributed by atoms with Crippen LogP contribution in [0.4, 0.5) is 0 Å². The highest BCUT2D eigenvalue weighted by Gasteiger charge is 2.20. The molecule has 1 aliphatic heterocycles. The van der Waals surface area contributed by atoms with Gasteiger partial charge in [0.15, 0.2) is 9.80 Å². The van der Waals surface area contributed by atoms with E-state index in [1.165, 1.54) is 5.37 Å². The van der Waals surface area contributed by atoms with E-state index in [9.17, 15) is 9.00 Å². The lowest BCUT2D eigenvalue weighted by Crippen LogP contribution is -2.16. The van der Waals surface area contributed by atoms with Crippen molar-refractivity contribution in [2.75, 3.05) is 0 Å². The quantitative estimate of drug-likeness (QED) is 0.629. The first kappa shape index (κ1) is 12.7. The molecular weight excluding hydrogens is 272 g/mol. The van der Waals surface area contributed by atoms with Gasteiger partial charge in [-0.2, -0.15) is 0 Å². The molecule has 0 radical (unpaired) electrons. The number of hydrogen-bond donors (Lipinski definition) is 0. The van der Waals surface area contributed by atoms with E-state index in [0.29, 0.717) is 4.90 Å². The average Bonchev–Trinajstić information content (AvgIpc) is 2.46. The van der Waals surface area contributed by atoms with Crippen LogP contribution >= 0.6 is 0 Å². The van der Waals surface area contributed by atoms with Crippen molar-refractivity contribution in [3.8, 4) is 0 Å². The Balaban J connectivity index is 2.25. The molecule has 2 aromatic carbocycles. The maximum atomic E-state index is 12.8. The van der Waals surface area contributed by atoms with Crippen LogP contribution in [-0.2, 0) is 18.8 Å². The van der Waals surface area contributed by atoms with Gasteiger partial charge in [-0.25, -0.2) is 9.00 Å². The van der Waals surface area contributed by atoms with E-state index >= 15 is 0 Å². The van der Waals surface area contributed by atoms with Gasteiger partial charge in [0.2, 0.25) is 0 Å². The van der Waals surface area contributed by atoms with Gasteiger partial charge in [-0.1, -0.05) is 43.0 Å². The predicted molar refractivity (Wildman–Crippen MR) is 81.7 cm³/mol. The molecule has 0 aromatic heterocycles. The summed E-state index contributed by atoms with van der Waals surface area (Å²) in [5.41, 5.74) is 0.799. The van der Waals surface area contributed by atoms with E-state index in [4.69, 9.17) is 4.18 Å². The van der Waals surface area contributed by atoms with E-state index in [1.807, 2.05) is 42.5 Å². The molecule has 1 heterocycles. The van der Waals surface area contributed by atoms with E-state index in [1.54, 1.807) is 6.08 Å². The highest BCUT2D eigenvalue weighted by molar-refractivity contribution is 7.97. The van der Waals surface area contributed by atoms with Crippen LogP contribution in [0.3, 0.4) is 0 Å². The standard InChI is InChI=1S/C16H12O3S/c1-2-16(17)19-20(18)9-5-8-14-10-12-6-3-4-7-13(12)11-15(14)20/h2-11H,1H2. The highest BCUT2D eigenvalue weighted by Crippen LogP contribution is 2.28. The van der Waals surface area contributed by atoms with E-state index in [0.717, 1.165) is 22.4 Å². The fourth-order valence-corrected chi connectivity index (χ4v) is 3.80. The van der Waals surface area contributed by atoms with Gasteiger partial charge in [0, 0.05) is 11.4 Å². The lowest BCUT2D eigenvalue weighted by molar-refractivity contribution is -0.128. The molecule has 0 N–H and O–H groups in total. The third-order valence-corrected chi connectivity index (χ3v) is 4.98. The fourth-order valence-electron chi connectivity index (χ4n) is 2.16. The molecular formula is C16H12O3S. The molecule has 100 valence electrons. The van der Waals surface area contributed by atoms with Crippen LogP contribution in [0.1, 0.15) is 5.56 Å². The minimum Gasteiger partial charge on any atom is -0.366 e. The van der Waals surface area contributed by atoms with Crippen LogP contribution in [-0.4, -0.2) is 15.5 Å². The molecule has 4 heteroatoms. The minimum absolute atomic E-state index is 0.522. The summed E-state index contributed by atoms with van der Waals surface area (Å²) in [6.45, 7) is 3.33. The molecule has 0 spiro atoms. The smallest absolute Gasteiger partial charge is 0.343 e. The Kier molecular flexibility index (Phi) is 2.95. The number of carbonyl (C=O) groups is 1. The zero-order chi connectivity index (χ0) is 14.2. The Hall–Kier alpha value is -2.33. The van der Waals surface area contributed by atoms with Gasteiger partial charge in [0.25, 0.3) is 0 Å². The summed E-state index contributed by atoms with van der Waals surface area (Å²) in [5, 5.41) is 3.43. The average molecular weight is 284 g/mol. The Morgan fingerprint density at radius 1 is 1.20 bits per heavy atom. The summed E-state index contributed by atoms with van der Waals surface area (Å²) in [4.78, 5) is 11.9. The van der Waals surface area contributed by atoms with E-state index in [-0.39, 0.29) is 0 Å². The molecule has 0 bridgehead atoms.